The zero-order chi connectivity index (χ0) is 21.6. The molecule has 0 saturated heterocycles. The Balaban J connectivity index is 2.24. The average molecular weight is 415 g/mol. The Hall–Kier alpha value is -2.30. The number of carbonyl (C=O) groups is 1. The Kier molecular flexibility index (Phi) is 5.54. The van der Waals surface area contributed by atoms with Crippen molar-refractivity contribution in [3.63, 3.8) is 0 Å². The van der Waals surface area contributed by atoms with Crippen LogP contribution in [0, 0.1) is 0 Å². The fraction of sp³-hybridized carbons (Fsp3) is 0.375. The number of hydrogen-bond acceptors (Lipinski definition) is 4. The van der Waals surface area contributed by atoms with Gasteiger partial charge in [-0.3, -0.25) is 4.79 Å². The number of ketones is 1. The van der Waals surface area contributed by atoms with Crippen LogP contribution in [0.5, 0.6) is 5.75 Å². The van der Waals surface area contributed by atoms with Gasteiger partial charge in [0.1, 0.15) is 22.7 Å². The molecule has 1 aliphatic heterocycles. The summed E-state index contributed by atoms with van der Waals surface area (Å²) in [4.78, 5) is 13.2. The summed E-state index contributed by atoms with van der Waals surface area (Å²) < 4.78 is 11.2. The summed E-state index contributed by atoms with van der Waals surface area (Å²) in [5.41, 5.74) is 1.86. The van der Waals surface area contributed by atoms with Crippen LogP contribution in [0.2, 0.25) is 5.02 Å². The Labute approximate surface area is 177 Å². The molecule has 0 saturated carbocycles. The van der Waals surface area contributed by atoms with Gasteiger partial charge in [0.05, 0.1) is 17.7 Å². The third kappa shape index (κ3) is 3.79. The first kappa shape index (κ1) is 21.4. The lowest BCUT2D eigenvalue weighted by atomic mass is 9.80. The Morgan fingerprint density at radius 2 is 1.66 bits per heavy atom. The van der Waals surface area contributed by atoms with Gasteiger partial charge >= 0.3 is 0 Å². The first-order valence-electron chi connectivity index (χ1n) is 9.67. The van der Waals surface area contributed by atoms with Gasteiger partial charge in [0.2, 0.25) is 0 Å². The minimum absolute atomic E-state index is 0.0395. The van der Waals surface area contributed by atoms with E-state index in [1.54, 1.807) is 40.9 Å². The molecule has 0 spiro atoms. The lowest BCUT2D eigenvalue weighted by molar-refractivity contribution is -0.158. The van der Waals surface area contributed by atoms with Crippen molar-refractivity contribution in [2.45, 2.75) is 52.2 Å². The molecule has 1 heterocycles. The van der Waals surface area contributed by atoms with E-state index < -0.39 is 11.2 Å². The molecule has 0 atom stereocenters. The van der Waals surface area contributed by atoms with Gasteiger partial charge in [0.15, 0.2) is 5.78 Å². The van der Waals surface area contributed by atoms with Crippen LogP contribution in [0.25, 0.3) is 16.7 Å². The molecule has 29 heavy (non-hydrogen) atoms. The molecule has 0 unspecified atom stereocenters. The molecule has 5 heteroatoms. The molecule has 0 fully saturated rings. The van der Waals surface area contributed by atoms with Crippen LogP contribution in [-0.4, -0.2) is 29.2 Å². The SMILES string of the molecule is CCc1ccc(-c2ccc(Cl)c(OC)c2)cc1C1=C(O)C(C)(C)OC(C)(C)C1=O. The number of rotatable bonds is 4. The highest BCUT2D eigenvalue weighted by Gasteiger charge is 2.47. The van der Waals surface area contributed by atoms with Crippen LogP contribution in [0.15, 0.2) is 42.2 Å². The fourth-order valence-electron chi connectivity index (χ4n) is 3.83. The number of methoxy groups -OCH3 is 1. The minimum Gasteiger partial charge on any atom is -0.508 e. The summed E-state index contributed by atoms with van der Waals surface area (Å²) in [5.74, 6) is 0.314. The van der Waals surface area contributed by atoms with Gasteiger partial charge in [0.25, 0.3) is 0 Å². The zero-order valence-corrected chi connectivity index (χ0v) is 18.5. The standard InChI is InChI=1S/C24H27ClO4/c1-7-14-8-9-15(16-10-11-18(25)19(13-16)28-6)12-17(14)20-21(26)23(2,3)29-24(4,5)22(20)27/h8-13,26H,7H2,1-6H3. The molecule has 0 amide bonds. The van der Waals surface area contributed by atoms with Gasteiger partial charge in [-0.2, -0.15) is 0 Å². The summed E-state index contributed by atoms with van der Waals surface area (Å²) in [6.45, 7) is 9.06. The van der Waals surface area contributed by atoms with E-state index in [4.69, 9.17) is 21.1 Å². The van der Waals surface area contributed by atoms with E-state index in [0.717, 1.165) is 28.7 Å². The molecule has 3 rings (SSSR count). The second-order valence-corrected chi connectivity index (χ2v) is 8.66. The second-order valence-electron chi connectivity index (χ2n) is 8.25. The topological polar surface area (TPSA) is 55.8 Å². The molecule has 0 aliphatic carbocycles. The predicted octanol–water partition coefficient (Wildman–Crippen LogP) is 6.00. The smallest absolute Gasteiger partial charge is 0.198 e. The van der Waals surface area contributed by atoms with Crippen LogP contribution < -0.4 is 4.74 Å². The van der Waals surface area contributed by atoms with Gasteiger partial charge in [-0.1, -0.05) is 36.7 Å². The van der Waals surface area contributed by atoms with Crippen molar-refractivity contribution in [1.29, 1.82) is 0 Å². The maximum atomic E-state index is 13.2. The lowest BCUT2D eigenvalue weighted by Crippen LogP contribution is -2.49. The molecular formula is C24H27ClO4. The van der Waals surface area contributed by atoms with Crippen LogP contribution >= 0.6 is 11.6 Å². The maximum absolute atomic E-state index is 13.2. The molecular weight excluding hydrogens is 388 g/mol. The highest BCUT2D eigenvalue weighted by Crippen LogP contribution is 2.42. The number of aryl methyl sites for hydroxylation is 1. The summed E-state index contributed by atoms with van der Waals surface area (Å²) >= 11 is 6.16. The van der Waals surface area contributed by atoms with E-state index >= 15 is 0 Å². The Morgan fingerprint density at radius 1 is 1.03 bits per heavy atom. The van der Waals surface area contributed by atoms with Crippen LogP contribution in [-0.2, 0) is 16.0 Å². The van der Waals surface area contributed by atoms with E-state index in [9.17, 15) is 9.90 Å². The molecule has 1 aliphatic rings. The molecule has 154 valence electrons. The first-order valence-corrected chi connectivity index (χ1v) is 10.1. The second kappa shape index (κ2) is 7.51. The highest BCUT2D eigenvalue weighted by molar-refractivity contribution is 6.32. The predicted molar refractivity (Wildman–Crippen MR) is 117 cm³/mol. The number of ether oxygens (including phenoxy) is 2. The number of benzene rings is 2. The van der Waals surface area contributed by atoms with Crippen LogP contribution in [0.1, 0.15) is 45.7 Å². The zero-order valence-electron chi connectivity index (χ0n) is 17.7. The summed E-state index contributed by atoms with van der Waals surface area (Å²) in [5, 5.41) is 11.5. The summed E-state index contributed by atoms with van der Waals surface area (Å²) in [6, 6.07) is 11.5. The Bertz CT molecular complexity index is 1000. The van der Waals surface area contributed by atoms with Gasteiger partial charge in [-0.05, 0) is 74.6 Å². The normalized spacial score (nSPS) is 18.1. The van der Waals surface area contributed by atoms with Gasteiger partial charge in [-0.15, -0.1) is 0 Å². The lowest BCUT2D eigenvalue weighted by Gasteiger charge is -2.40. The number of Topliss-reactive ketones (excluding diaryl/α,β-unsaturated/α-hetero) is 1. The van der Waals surface area contributed by atoms with Crippen LogP contribution in [0.3, 0.4) is 0 Å². The molecule has 0 radical (unpaired) electrons. The van der Waals surface area contributed by atoms with E-state index in [1.165, 1.54) is 0 Å². The van der Waals surface area contributed by atoms with Crippen molar-refractivity contribution >= 4 is 23.0 Å². The monoisotopic (exact) mass is 414 g/mol. The number of halogens is 1. The van der Waals surface area contributed by atoms with Crippen LogP contribution in [0.4, 0.5) is 0 Å². The minimum atomic E-state index is -1.03. The molecule has 0 aromatic heterocycles. The number of hydrogen-bond donors (Lipinski definition) is 1. The number of carbonyl (C=O) groups excluding carboxylic acids is 1. The van der Waals surface area contributed by atoms with Crippen molar-refractivity contribution in [3.05, 3.63) is 58.3 Å². The molecule has 2 aromatic rings. The van der Waals surface area contributed by atoms with Crippen molar-refractivity contribution in [3.8, 4) is 16.9 Å². The fourth-order valence-corrected chi connectivity index (χ4v) is 4.02. The highest BCUT2D eigenvalue weighted by atomic mass is 35.5. The van der Waals surface area contributed by atoms with E-state index in [2.05, 4.69) is 0 Å². The molecule has 2 aromatic carbocycles. The molecule has 1 N–H and O–H groups in total. The van der Waals surface area contributed by atoms with Gasteiger partial charge < -0.3 is 14.6 Å². The number of aliphatic hydroxyl groups is 1. The van der Waals surface area contributed by atoms with E-state index in [-0.39, 0.29) is 11.5 Å². The van der Waals surface area contributed by atoms with E-state index in [1.807, 2.05) is 37.3 Å². The average Bonchev–Trinajstić information content (AvgIpc) is 2.66. The van der Waals surface area contributed by atoms with Crippen molar-refractivity contribution < 1.29 is 19.4 Å². The maximum Gasteiger partial charge on any atom is 0.198 e. The van der Waals surface area contributed by atoms with E-state index in [0.29, 0.717) is 16.3 Å². The Morgan fingerprint density at radius 3 is 2.28 bits per heavy atom. The van der Waals surface area contributed by atoms with Gasteiger partial charge in [0, 0.05) is 0 Å². The third-order valence-corrected chi connectivity index (χ3v) is 5.65. The van der Waals surface area contributed by atoms with Crippen molar-refractivity contribution in [2.75, 3.05) is 7.11 Å². The van der Waals surface area contributed by atoms with Crippen molar-refractivity contribution in [2.24, 2.45) is 0 Å². The summed E-state index contributed by atoms with van der Waals surface area (Å²) in [6.07, 6.45) is 0.728. The molecule has 0 bridgehead atoms. The largest absolute Gasteiger partial charge is 0.508 e. The first-order chi connectivity index (χ1) is 13.5. The quantitative estimate of drug-likeness (QED) is 0.666. The summed E-state index contributed by atoms with van der Waals surface area (Å²) in [7, 11) is 1.57. The number of aliphatic hydroxyl groups excluding tert-OH is 1. The molecule has 4 nitrogen and oxygen atoms in total. The third-order valence-electron chi connectivity index (χ3n) is 5.34. The van der Waals surface area contributed by atoms with Crippen molar-refractivity contribution in [1.82, 2.24) is 0 Å². The van der Waals surface area contributed by atoms with Gasteiger partial charge in [-0.25, -0.2) is 0 Å².